The number of anilines is 1. The molecule has 2 rings (SSSR count). The Morgan fingerprint density at radius 1 is 1.33 bits per heavy atom. The molecule has 0 aromatic carbocycles. The lowest BCUT2D eigenvalue weighted by Crippen LogP contribution is -2.33. The number of aliphatic hydroxyl groups excluding tert-OH is 1. The number of aromatic nitrogens is 3. The van der Waals surface area contributed by atoms with E-state index in [-0.39, 0.29) is 12.6 Å². The third-order valence-corrected chi connectivity index (χ3v) is 2.93. The summed E-state index contributed by atoms with van der Waals surface area (Å²) < 4.78 is 0. The van der Waals surface area contributed by atoms with E-state index in [0.717, 1.165) is 30.8 Å². The van der Waals surface area contributed by atoms with Crippen molar-refractivity contribution in [3.63, 3.8) is 0 Å². The zero-order chi connectivity index (χ0) is 10.8. The summed E-state index contributed by atoms with van der Waals surface area (Å²) in [6, 6.07) is 0.161. The molecule has 5 nitrogen and oxygen atoms in total. The molecule has 0 spiro atoms. The van der Waals surface area contributed by atoms with E-state index < -0.39 is 0 Å². The molecule has 0 amide bonds. The van der Waals surface area contributed by atoms with Crippen LogP contribution < -0.4 is 4.90 Å². The Morgan fingerprint density at radius 2 is 2.13 bits per heavy atom. The largest absolute Gasteiger partial charge is 0.394 e. The summed E-state index contributed by atoms with van der Waals surface area (Å²) in [6.45, 7) is 4.90. The van der Waals surface area contributed by atoms with Gasteiger partial charge in [-0.2, -0.15) is 5.10 Å². The van der Waals surface area contributed by atoms with Crippen molar-refractivity contribution in [3.8, 4) is 0 Å². The van der Waals surface area contributed by atoms with Gasteiger partial charge < -0.3 is 10.0 Å². The lowest BCUT2D eigenvalue weighted by atomic mass is 10.2. The first-order chi connectivity index (χ1) is 7.22. The monoisotopic (exact) mass is 208 g/mol. The summed E-state index contributed by atoms with van der Waals surface area (Å²) in [5.74, 6) is 0.648. The maximum absolute atomic E-state index is 9.20. The molecule has 1 aliphatic heterocycles. The van der Waals surface area contributed by atoms with Crippen molar-refractivity contribution in [1.29, 1.82) is 0 Å². The molecule has 1 aliphatic rings. The number of aryl methyl sites for hydroxylation is 2. The van der Waals surface area contributed by atoms with Gasteiger partial charge in [-0.1, -0.05) is 0 Å². The third kappa shape index (κ3) is 1.92. The van der Waals surface area contributed by atoms with Crippen LogP contribution in [0.4, 0.5) is 5.95 Å². The van der Waals surface area contributed by atoms with Gasteiger partial charge in [-0.3, -0.25) is 0 Å². The van der Waals surface area contributed by atoms with Crippen molar-refractivity contribution < 1.29 is 5.11 Å². The molecular weight excluding hydrogens is 192 g/mol. The number of aliphatic hydroxyl groups is 1. The zero-order valence-corrected chi connectivity index (χ0v) is 9.14. The van der Waals surface area contributed by atoms with Gasteiger partial charge in [0.15, 0.2) is 0 Å². The van der Waals surface area contributed by atoms with E-state index in [0.29, 0.717) is 5.95 Å². The Bertz CT molecular complexity index is 355. The highest BCUT2D eigenvalue weighted by molar-refractivity contribution is 5.33. The average Bonchev–Trinajstić information content (AvgIpc) is 2.70. The Kier molecular flexibility index (Phi) is 2.81. The van der Waals surface area contributed by atoms with Crippen molar-refractivity contribution in [2.45, 2.75) is 32.7 Å². The van der Waals surface area contributed by atoms with Crippen molar-refractivity contribution >= 4 is 5.95 Å². The van der Waals surface area contributed by atoms with Crippen LogP contribution in [-0.2, 0) is 0 Å². The van der Waals surface area contributed by atoms with Crippen LogP contribution >= 0.6 is 0 Å². The minimum absolute atomic E-state index is 0.161. The van der Waals surface area contributed by atoms with E-state index in [4.69, 9.17) is 0 Å². The van der Waals surface area contributed by atoms with Gasteiger partial charge in [0.25, 0.3) is 0 Å². The molecule has 1 saturated heterocycles. The zero-order valence-electron chi connectivity index (χ0n) is 9.14. The molecule has 1 aromatic rings. The van der Waals surface area contributed by atoms with Crippen LogP contribution in [-0.4, -0.2) is 39.5 Å². The molecule has 1 atom stereocenters. The Balaban J connectivity index is 2.25. The molecular formula is C10H16N4O. The van der Waals surface area contributed by atoms with Crippen LogP contribution in [0.2, 0.25) is 0 Å². The highest BCUT2D eigenvalue weighted by atomic mass is 16.3. The van der Waals surface area contributed by atoms with E-state index in [2.05, 4.69) is 15.2 Å². The molecule has 15 heavy (non-hydrogen) atoms. The molecule has 0 saturated carbocycles. The van der Waals surface area contributed by atoms with Crippen LogP contribution in [0.3, 0.4) is 0 Å². The molecule has 0 radical (unpaired) electrons. The predicted molar refractivity (Wildman–Crippen MR) is 56.8 cm³/mol. The standard InChI is InChI=1S/C10H16N4O/c1-7-8(2)12-13-10(11-7)14-5-3-4-9(14)6-15/h9,15H,3-6H2,1-2H3. The molecule has 0 aliphatic carbocycles. The Morgan fingerprint density at radius 3 is 2.80 bits per heavy atom. The van der Waals surface area contributed by atoms with Gasteiger partial charge >= 0.3 is 0 Å². The Labute approximate surface area is 89.2 Å². The number of hydrogen-bond donors (Lipinski definition) is 1. The second-order valence-corrected chi connectivity index (χ2v) is 3.95. The molecule has 0 bridgehead atoms. The highest BCUT2D eigenvalue weighted by Gasteiger charge is 2.26. The van der Waals surface area contributed by atoms with Crippen LogP contribution in [0.1, 0.15) is 24.2 Å². The number of nitrogens with zero attached hydrogens (tertiary/aromatic N) is 4. The number of rotatable bonds is 2. The predicted octanol–water partition coefficient (Wildman–Crippen LogP) is 0.450. The SMILES string of the molecule is Cc1nnc(N2CCCC2CO)nc1C. The Hall–Kier alpha value is -1.23. The molecule has 1 aromatic heterocycles. The van der Waals surface area contributed by atoms with Gasteiger partial charge in [-0.15, -0.1) is 5.10 Å². The second-order valence-electron chi connectivity index (χ2n) is 3.95. The molecule has 1 unspecified atom stereocenters. The summed E-state index contributed by atoms with van der Waals surface area (Å²) in [6.07, 6.45) is 2.09. The summed E-state index contributed by atoms with van der Waals surface area (Å²) >= 11 is 0. The van der Waals surface area contributed by atoms with Crippen LogP contribution in [0, 0.1) is 13.8 Å². The minimum atomic E-state index is 0.161. The summed E-state index contributed by atoms with van der Waals surface area (Å²) in [5.41, 5.74) is 1.77. The third-order valence-electron chi connectivity index (χ3n) is 2.93. The van der Waals surface area contributed by atoms with Crippen molar-refractivity contribution in [1.82, 2.24) is 15.2 Å². The van der Waals surface area contributed by atoms with Crippen molar-refractivity contribution in [2.75, 3.05) is 18.1 Å². The van der Waals surface area contributed by atoms with E-state index in [1.54, 1.807) is 0 Å². The van der Waals surface area contributed by atoms with Crippen LogP contribution in [0.5, 0.6) is 0 Å². The van der Waals surface area contributed by atoms with Gasteiger partial charge in [-0.05, 0) is 26.7 Å². The van der Waals surface area contributed by atoms with Gasteiger partial charge in [-0.25, -0.2) is 4.98 Å². The number of hydrogen-bond acceptors (Lipinski definition) is 5. The molecule has 2 heterocycles. The van der Waals surface area contributed by atoms with Gasteiger partial charge in [0.05, 0.1) is 24.0 Å². The first kappa shape index (κ1) is 10.3. The fraction of sp³-hybridized carbons (Fsp3) is 0.700. The smallest absolute Gasteiger partial charge is 0.245 e. The quantitative estimate of drug-likeness (QED) is 0.764. The average molecular weight is 208 g/mol. The second kappa shape index (κ2) is 4.10. The van der Waals surface area contributed by atoms with Crippen LogP contribution in [0.25, 0.3) is 0 Å². The van der Waals surface area contributed by atoms with Crippen molar-refractivity contribution in [3.05, 3.63) is 11.4 Å². The fourth-order valence-corrected chi connectivity index (χ4v) is 1.86. The van der Waals surface area contributed by atoms with Gasteiger partial charge in [0.2, 0.25) is 5.95 Å². The summed E-state index contributed by atoms with van der Waals surface area (Å²) in [5, 5.41) is 17.3. The van der Waals surface area contributed by atoms with Gasteiger partial charge in [0, 0.05) is 6.54 Å². The molecule has 5 heteroatoms. The molecule has 1 N–H and O–H groups in total. The summed E-state index contributed by atoms with van der Waals surface area (Å²) in [7, 11) is 0. The molecule has 1 fully saturated rings. The molecule has 82 valence electrons. The van der Waals surface area contributed by atoms with Gasteiger partial charge in [0.1, 0.15) is 0 Å². The van der Waals surface area contributed by atoms with E-state index >= 15 is 0 Å². The summed E-state index contributed by atoms with van der Waals surface area (Å²) in [4.78, 5) is 6.44. The lowest BCUT2D eigenvalue weighted by molar-refractivity contribution is 0.265. The first-order valence-electron chi connectivity index (χ1n) is 5.28. The maximum atomic E-state index is 9.20. The highest BCUT2D eigenvalue weighted by Crippen LogP contribution is 2.21. The van der Waals surface area contributed by atoms with E-state index in [1.807, 2.05) is 18.7 Å². The fourth-order valence-electron chi connectivity index (χ4n) is 1.86. The topological polar surface area (TPSA) is 62.1 Å². The van der Waals surface area contributed by atoms with Crippen molar-refractivity contribution in [2.24, 2.45) is 0 Å². The lowest BCUT2D eigenvalue weighted by Gasteiger charge is -2.22. The minimum Gasteiger partial charge on any atom is -0.394 e. The normalized spacial score (nSPS) is 21.0. The first-order valence-corrected chi connectivity index (χ1v) is 5.28. The van der Waals surface area contributed by atoms with Crippen LogP contribution in [0.15, 0.2) is 0 Å². The maximum Gasteiger partial charge on any atom is 0.245 e. The van der Waals surface area contributed by atoms with E-state index in [9.17, 15) is 5.11 Å². The van der Waals surface area contributed by atoms with E-state index in [1.165, 1.54) is 0 Å².